The van der Waals surface area contributed by atoms with Crippen LogP contribution in [0.2, 0.25) is 0 Å². The van der Waals surface area contributed by atoms with Gasteiger partial charge in [0, 0.05) is 11.1 Å². The van der Waals surface area contributed by atoms with E-state index >= 15 is 0 Å². The Morgan fingerprint density at radius 3 is 2.08 bits per heavy atom. The number of carbonyl (C=O) groups is 2. The maximum absolute atomic E-state index is 13.1. The van der Waals surface area contributed by atoms with Crippen LogP contribution in [0.4, 0.5) is 0 Å². The first-order chi connectivity index (χ1) is 19.4. The summed E-state index contributed by atoms with van der Waals surface area (Å²) in [6.07, 6.45) is 0. The zero-order chi connectivity index (χ0) is 28.6. The molecule has 4 rings (SSSR count). The normalized spacial score (nSPS) is 10.5. The Kier molecular flexibility index (Phi) is 8.75. The summed E-state index contributed by atoms with van der Waals surface area (Å²) in [6, 6.07) is 22.7. The average molecular weight is 545 g/mol. The van der Waals surface area contributed by atoms with Crippen molar-refractivity contribution in [1.82, 2.24) is 0 Å². The monoisotopic (exact) mass is 544 g/mol. The van der Waals surface area contributed by atoms with Gasteiger partial charge in [-0.2, -0.15) is 0 Å². The molecule has 206 valence electrons. The van der Waals surface area contributed by atoms with Crippen LogP contribution >= 0.6 is 0 Å². The molecule has 0 spiro atoms. The Balaban J connectivity index is 1.77. The lowest BCUT2D eigenvalue weighted by Gasteiger charge is -2.20. The van der Waals surface area contributed by atoms with Gasteiger partial charge in [0.15, 0.2) is 18.1 Å². The number of phenols is 1. The Bertz CT molecular complexity index is 1500. The molecule has 0 aliphatic carbocycles. The molecule has 2 N–H and O–H groups in total. The van der Waals surface area contributed by atoms with Gasteiger partial charge >= 0.3 is 11.9 Å². The van der Waals surface area contributed by atoms with Crippen molar-refractivity contribution in [2.45, 2.75) is 6.61 Å². The van der Waals surface area contributed by atoms with E-state index in [0.717, 1.165) is 5.56 Å². The fourth-order valence-corrected chi connectivity index (χ4v) is 4.22. The van der Waals surface area contributed by atoms with E-state index < -0.39 is 18.5 Å². The molecule has 9 nitrogen and oxygen atoms in total. The SMILES string of the molecule is COC(=O)c1c(OC)c(-c2ccc(OCc3ccccc3)c(O)c2)cc(OC)c1-c1ccc(OCC(=O)O)cc1. The van der Waals surface area contributed by atoms with Gasteiger partial charge in [-0.1, -0.05) is 48.5 Å². The lowest BCUT2D eigenvalue weighted by molar-refractivity contribution is -0.139. The molecule has 40 heavy (non-hydrogen) atoms. The smallest absolute Gasteiger partial charge is 0.342 e. The first-order valence-electron chi connectivity index (χ1n) is 12.2. The number of ether oxygens (including phenoxy) is 5. The number of rotatable bonds is 11. The Labute approximate surface area is 231 Å². The number of hydrogen-bond acceptors (Lipinski definition) is 8. The number of carboxylic acid groups (broad SMARTS) is 1. The summed E-state index contributed by atoms with van der Waals surface area (Å²) in [5, 5.41) is 19.6. The number of aromatic hydroxyl groups is 1. The number of methoxy groups -OCH3 is 3. The molecule has 9 heteroatoms. The van der Waals surface area contributed by atoms with Crippen molar-refractivity contribution < 1.29 is 43.5 Å². The first-order valence-corrected chi connectivity index (χ1v) is 12.2. The summed E-state index contributed by atoms with van der Waals surface area (Å²) >= 11 is 0. The Morgan fingerprint density at radius 2 is 1.48 bits per heavy atom. The van der Waals surface area contributed by atoms with Crippen molar-refractivity contribution in [3.8, 4) is 51.0 Å². The molecule has 0 amide bonds. The maximum Gasteiger partial charge on any atom is 0.342 e. The summed E-state index contributed by atoms with van der Waals surface area (Å²) in [7, 11) is 4.16. The highest BCUT2D eigenvalue weighted by Crippen LogP contribution is 2.46. The Morgan fingerprint density at radius 1 is 0.775 bits per heavy atom. The standard InChI is InChI=1S/C31H28O9/c1-36-26-16-23(21-11-14-25(24(32)15-21)40-17-19-7-5-4-6-8-19)30(37-2)29(31(35)38-3)28(26)20-9-12-22(13-10-20)39-18-27(33)34/h4-16,32H,17-18H2,1-3H3,(H,33,34). The lowest BCUT2D eigenvalue weighted by Crippen LogP contribution is -2.10. The van der Waals surface area contributed by atoms with Crippen LogP contribution < -0.4 is 18.9 Å². The number of esters is 1. The summed E-state index contributed by atoms with van der Waals surface area (Å²) in [5.74, 6) is -0.640. The van der Waals surface area contributed by atoms with Crippen LogP contribution in [0.25, 0.3) is 22.3 Å². The molecule has 0 aliphatic heterocycles. The largest absolute Gasteiger partial charge is 0.504 e. The second-order valence-electron chi connectivity index (χ2n) is 8.56. The van der Waals surface area contributed by atoms with Crippen molar-refractivity contribution >= 4 is 11.9 Å². The van der Waals surface area contributed by atoms with E-state index in [1.54, 1.807) is 42.5 Å². The van der Waals surface area contributed by atoms with Gasteiger partial charge in [0.25, 0.3) is 0 Å². The summed E-state index contributed by atoms with van der Waals surface area (Å²) in [6.45, 7) is -0.201. The van der Waals surface area contributed by atoms with Crippen molar-refractivity contribution in [2.24, 2.45) is 0 Å². The highest BCUT2D eigenvalue weighted by Gasteiger charge is 2.27. The van der Waals surface area contributed by atoms with Gasteiger partial charge in [0.05, 0.1) is 21.3 Å². The van der Waals surface area contributed by atoms with E-state index in [0.29, 0.717) is 39.5 Å². The highest BCUT2D eigenvalue weighted by molar-refractivity contribution is 6.05. The molecule has 0 heterocycles. The van der Waals surface area contributed by atoms with Gasteiger partial charge < -0.3 is 33.9 Å². The predicted octanol–water partition coefficient (Wildman–Crippen LogP) is 5.57. The van der Waals surface area contributed by atoms with Gasteiger partial charge in [-0.25, -0.2) is 9.59 Å². The molecular weight excluding hydrogens is 516 g/mol. The van der Waals surface area contributed by atoms with Crippen LogP contribution in [0.15, 0.2) is 78.9 Å². The number of aliphatic carboxylic acids is 1. The summed E-state index contributed by atoms with van der Waals surface area (Å²) in [5.41, 5.74) is 3.09. The molecule has 0 atom stereocenters. The average Bonchev–Trinajstić information content (AvgIpc) is 2.98. The second-order valence-corrected chi connectivity index (χ2v) is 8.56. The van der Waals surface area contributed by atoms with Crippen LogP contribution in [-0.2, 0) is 16.1 Å². The number of benzene rings is 4. The maximum atomic E-state index is 13.1. The van der Waals surface area contributed by atoms with E-state index in [1.807, 2.05) is 30.3 Å². The predicted molar refractivity (Wildman–Crippen MR) is 147 cm³/mol. The first kappa shape index (κ1) is 27.8. The summed E-state index contributed by atoms with van der Waals surface area (Å²) in [4.78, 5) is 23.9. The molecule has 0 bridgehead atoms. The van der Waals surface area contributed by atoms with Gasteiger partial charge in [0.2, 0.25) is 0 Å². The molecule has 0 aliphatic rings. The van der Waals surface area contributed by atoms with Crippen LogP contribution in [0.1, 0.15) is 15.9 Å². The fourth-order valence-electron chi connectivity index (χ4n) is 4.22. The Hall–Kier alpha value is -5.18. The van der Waals surface area contributed by atoms with Crippen molar-refractivity contribution in [3.63, 3.8) is 0 Å². The zero-order valence-corrected chi connectivity index (χ0v) is 22.2. The molecule has 0 aromatic heterocycles. The van der Waals surface area contributed by atoms with Crippen molar-refractivity contribution in [2.75, 3.05) is 27.9 Å². The fraction of sp³-hybridized carbons (Fsp3) is 0.161. The third-order valence-corrected chi connectivity index (χ3v) is 6.07. The van der Waals surface area contributed by atoms with Gasteiger partial charge in [-0.05, 0) is 47.0 Å². The summed E-state index contributed by atoms with van der Waals surface area (Å²) < 4.78 is 27.5. The van der Waals surface area contributed by atoms with Crippen LogP contribution in [0.5, 0.6) is 28.7 Å². The van der Waals surface area contributed by atoms with Gasteiger partial charge in [-0.3, -0.25) is 0 Å². The van der Waals surface area contributed by atoms with Crippen LogP contribution in [-0.4, -0.2) is 50.1 Å². The van der Waals surface area contributed by atoms with Gasteiger partial charge in [0.1, 0.15) is 29.4 Å². The minimum atomic E-state index is -1.10. The van der Waals surface area contributed by atoms with E-state index in [2.05, 4.69) is 0 Å². The van der Waals surface area contributed by atoms with Crippen LogP contribution in [0.3, 0.4) is 0 Å². The molecule has 0 unspecified atom stereocenters. The van der Waals surface area contributed by atoms with E-state index in [9.17, 15) is 14.7 Å². The second kappa shape index (κ2) is 12.6. The molecule has 4 aromatic rings. The van der Waals surface area contributed by atoms with Crippen LogP contribution in [0, 0.1) is 0 Å². The molecule has 0 saturated carbocycles. The van der Waals surface area contributed by atoms with Gasteiger partial charge in [-0.15, -0.1) is 0 Å². The molecule has 4 aromatic carbocycles. The molecule has 0 saturated heterocycles. The number of hydrogen-bond donors (Lipinski definition) is 2. The molecule has 0 fully saturated rings. The third-order valence-electron chi connectivity index (χ3n) is 6.07. The van der Waals surface area contributed by atoms with Crippen molar-refractivity contribution in [1.29, 1.82) is 0 Å². The minimum Gasteiger partial charge on any atom is -0.504 e. The third kappa shape index (κ3) is 6.10. The number of phenolic OH excluding ortho intramolecular Hbond substituents is 1. The van der Waals surface area contributed by atoms with E-state index in [1.165, 1.54) is 27.4 Å². The van der Waals surface area contributed by atoms with E-state index in [4.69, 9.17) is 28.8 Å². The lowest BCUT2D eigenvalue weighted by atomic mass is 9.92. The number of carbonyl (C=O) groups excluding carboxylic acids is 1. The van der Waals surface area contributed by atoms with E-state index in [-0.39, 0.29) is 23.7 Å². The minimum absolute atomic E-state index is 0.0879. The van der Waals surface area contributed by atoms with Crippen molar-refractivity contribution in [3.05, 3.63) is 90.0 Å². The quantitative estimate of drug-likeness (QED) is 0.233. The number of carboxylic acids is 1. The topological polar surface area (TPSA) is 121 Å². The highest BCUT2D eigenvalue weighted by atomic mass is 16.5. The molecule has 0 radical (unpaired) electrons. The zero-order valence-electron chi connectivity index (χ0n) is 22.2. The molecular formula is C31H28O9.